The first-order valence-corrected chi connectivity index (χ1v) is 4.89. The van der Waals surface area contributed by atoms with Gasteiger partial charge in [-0.3, -0.25) is 0 Å². The maximum atomic E-state index is 13.0. The van der Waals surface area contributed by atoms with Gasteiger partial charge in [-0.2, -0.15) is 0 Å². The SMILES string of the molecule is C=CCO[P+](=O)c1ccccc1F. The van der Waals surface area contributed by atoms with Crippen molar-refractivity contribution in [1.82, 2.24) is 0 Å². The fourth-order valence-corrected chi connectivity index (χ4v) is 1.63. The second-order valence-corrected chi connectivity index (χ2v) is 3.55. The van der Waals surface area contributed by atoms with E-state index in [2.05, 4.69) is 6.58 Å². The van der Waals surface area contributed by atoms with Crippen LogP contribution in [-0.4, -0.2) is 6.61 Å². The van der Waals surface area contributed by atoms with E-state index in [1.807, 2.05) is 0 Å². The molecule has 2 nitrogen and oxygen atoms in total. The largest absolute Gasteiger partial charge is 0.552 e. The third-order valence-corrected chi connectivity index (χ3v) is 2.50. The smallest absolute Gasteiger partial charge is 0.202 e. The van der Waals surface area contributed by atoms with Crippen LogP contribution < -0.4 is 5.30 Å². The molecule has 1 atom stereocenters. The highest BCUT2D eigenvalue weighted by atomic mass is 31.1. The van der Waals surface area contributed by atoms with Crippen molar-refractivity contribution in [2.75, 3.05) is 6.61 Å². The zero-order chi connectivity index (χ0) is 9.68. The van der Waals surface area contributed by atoms with Crippen molar-refractivity contribution in [3.63, 3.8) is 0 Å². The molecule has 0 aliphatic heterocycles. The van der Waals surface area contributed by atoms with Gasteiger partial charge in [-0.25, -0.2) is 4.39 Å². The van der Waals surface area contributed by atoms with Crippen molar-refractivity contribution in [3.8, 4) is 0 Å². The molecule has 0 aliphatic rings. The fourth-order valence-electron chi connectivity index (χ4n) is 0.790. The van der Waals surface area contributed by atoms with Crippen LogP contribution in [-0.2, 0) is 9.09 Å². The summed E-state index contributed by atoms with van der Waals surface area (Å²) in [5, 5.41) is 0.0966. The first-order chi connectivity index (χ1) is 6.25. The highest BCUT2D eigenvalue weighted by molar-refractivity contribution is 7.48. The summed E-state index contributed by atoms with van der Waals surface area (Å²) in [4.78, 5) is 0. The van der Waals surface area contributed by atoms with Gasteiger partial charge in [0.05, 0.1) is 0 Å². The molecule has 0 amide bonds. The molecule has 0 heterocycles. The molecular formula is C9H9FO2P+. The minimum Gasteiger partial charge on any atom is -0.202 e. The van der Waals surface area contributed by atoms with Crippen LogP contribution >= 0.6 is 8.03 Å². The predicted molar refractivity (Wildman–Crippen MR) is 49.8 cm³/mol. The summed E-state index contributed by atoms with van der Waals surface area (Å²) in [6.45, 7) is 3.56. The Morgan fingerprint density at radius 1 is 1.54 bits per heavy atom. The van der Waals surface area contributed by atoms with Gasteiger partial charge in [0.25, 0.3) is 5.30 Å². The van der Waals surface area contributed by atoms with Gasteiger partial charge in [-0.1, -0.05) is 18.2 Å². The summed E-state index contributed by atoms with van der Waals surface area (Å²) in [6.07, 6.45) is 1.47. The lowest BCUT2D eigenvalue weighted by molar-refractivity contribution is 0.378. The number of hydrogen-bond donors (Lipinski definition) is 0. The van der Waals surface area contributed by atoms with E-state index in [1.54, 1.807) is 6.07 Å². The normalized spacial score (nSPS) is 11.0. The average molecular weight is 199 g/mol. The zero-order valence-electron chi connectivity index (χ0n) is 6.94. The molecular weight excluding hydrogens is 190 g/mol. The van der Waals surface area contributed by atoms with Gasteiger partial charge in [0.1, 0.15) is 6.61 Å². The molecule has 1 rings (SSSR count). The van der Waals surface area contributed by atoms with E-state index < -0.39 is 13.8 Å². The summed E-state index contributed by atoms with van der Waals surface area (Å²) in [6, 6.07) is 5.84. The first-order valence-electron chi connectivity index (χ1n) is 3.71. The Morgan fingerprint density at radius 2 is 2.23 bits per heavy atom. The van der Waals surface area contributed by atoms with E-state index >= 15 is 0 Å². The summed E-state index contributed by atoms with van der Waals surface area (Å²) < 4.78 is 29.0. The van der Waals surface area contributed by atoms with E-state index in [9.17, 15) is 8.96 Å². The molecule has 0 radical (unpaired) electrons. The molecule has 1 aromatic carbocycles. The number of halogens is 1. The van der Waals surface area contributed by atoms with Crippen LogP contribution in [0.15, 0.2) is 36.9 Å². The van der Waals surface area contributed by atoms with Crippen LogP contribution in [0.1, 0.15) is 0 Å². The lowest BCUT2D eigenvalue weighted by Gasteiger charge is -1.88. The maximum Gasteiger partial charge on any atom is 0.552 e. The topological polar surface area (TPSA) is 26.3 Å². The average Bonchev–Trinajstić information content (AvgIpc) is 2.15. The van der Waals surface area contributed by atoms with Crippen LogP contribution in [0.2, 0.25) is 0 Å². The van der Waals surface area contributed by atoms with Gasteiger partial charge in [-0.15, -0.1) is 11.1 Å². The van der Waals surface area contributed by atoms with E-state index in [-0.39, 0.29) is 11.9 Å². The van der Waals surface area contributed by atoms with Crippen molar-refractivity contribution in [2.24, 2.45) is 0 Å². The van der Waals surface area contributed by atoms with Crippen molar-refractivity contribution in [3.05, 3.63) is 42.7 Å². The zero-order valence-corrected chi connectivity index (χ0v) is 7.84. The molecule has 0 spiro atoms. The van der Waals surface area contributed by atoms with Crippen LogP contribution in [0.25, 0.3) is 0 Å². The molecule has 0 saturated heterocycles. The van der Waals surface area contributed by atoms with Crippen molar-refractivity contribution in [2.45, 2.75) is 0 Å². The van der Waals surface area contributed by atoms with E-state index in [1.165, 1.54) is 24.3 Å². The molecule has 68 valence electrons. The lowest BCUT2D eigenvalue weighted by atomic mass is 10.3. The third kappa shape index (κ3) is 2.72. The van der Waals surface area contributed by atoms with Crippen molar-refractivity contribution >= 4 is 13.3 Å². The summed E-state index contributed by atoms with van der Waals surface area (Å²) >= 11 is 0. The van der Waals surface area contributed by atoms with E-state index in [0.717, 1.165) is 0 Å². The summed E-state index contributed by atoms with van der Waals surface area (Å²) in [5.74, 6) is -0.507. The Bertz CT molecular complexity index is 325. The van der Waals surface area contributed by atoms with Gasteiger partial charge in [0.2, 0.25) is 0 Å². The lowest BCUT2D eigenvalue weighted by Crippen LogP contribution is -2.03. The van der Waals surface area contributed by atoms with Gasteiger partial charge in [0, 0.05) is 0 Å². The Hall–Kier alpha value is -1.05. The molecule has 0 bridgehead atoms. The minimum atomic E-state index is -2.10. The van der Waals surface area contributed by atoms with Crippen LogP contribution in [0.3, 0.4) is 0 Å². The molecule has 4 heteroatoms. The van der Waals surface area contributed by atoms with Crippen molar-refractivity contribution < 1.29 is 13.5 Å². The van der Waals surface area contributed by atoms with Gasteiger partial charge in [-0.05, 0) is 16.7 Å². The molecule has 0 fully saturated rings. The molecule has 0 aromatic heterocycles. The van der Waals surface area contributed by atoms with Gasteiger partial charge in [0.15, 0.2) is 5.82 Å². The minimum absolute atomic E-state index is 0.0966. The highest BCUT2D eigenvalue weighted by Crippen LogP contribution is 2.22. The summed E-state index contributed by atoms with van der Waals surface area (Å²) in [7, 11) is -2.10. The number of benzene rings is 1. The van der Waals surface area contributed by atoms with Crippen LogP contribution in [0.5, 0.6) is 0 Å². The highest BCUT2D eigenvalue weighted by Gasteiger charge is 2.25. The van der Waals surface area contributed by atoms with Crippen molar-refractivity contribution in [1.29, 1.82) is 0 Å². The Labute approximate surface area is 76.9 Å². The molecule has 1 unspecified atom stereocenters. The van der Waals surface area contributed by atoms with E-state index in [0.29, 0.717) is 0 Å². The number of rotatable bonds is 4. The third-order valence-electron chi connectivity index (χ3n) is 1.36. The second kappa shape index (κ2) is 4.85. The second-order valence-electron chi connectivity index (χ2n) is 2.29. The Kier molecular flexibility index (Phi) is 3.74. The van der Waals surface area contributed by atoms with Crippen LogP contribution in [0.4, 0.5) is 4.39 Å². The van der Waals surface area contributed by atoms with Gasteiger partial charge < -0.3 is 0 Å². The first kappa shape index (κ1) is 10.0. The molecule has 1 aromatic rings. The van der Waals surface area contributed by atoms with E-state index in [4.69, 9.17) is 4.52 Å². The molecule has 0 aliphatic carbocycles. The predicted octanol–water partition coefficient (Wildman–Crippen LogP) is 2.40. The Morgan fingerprint density at radius 3 is 2.85 bits per heavy atom. The fraction of sp³-hybridized carbons (Fsp3) is 0.111. The maximum absolute atomic E-state index is 13.0. The quantitative estimate of drug-likeness (QED) is 0.549. The number of hydrogen-bond acceptors (Lipinski definition) is 2. The van der Waals surface area contributed by atoms with Crippen LogP contribution in [0, 0.1) is 5.82 Å². The molecule has 13 heavy (non-hydrogen) atoms. The Balaban J connectivity index is 2.76. The molecule has 0 N–H and O–H groups in total. The van der Waals surface area contributed by atoms with Gasteiger partial charge >= 0.3 is 8.03 Å². The monoisotopic (exact) mass is 199 g/mol. The molecule has 0 saturated carbocycles. The standard InChI is InChI=1S/C9H9FO2P/c1-2-7-12-13(11)9-6-4-3-5-8(9)10/h2-6H,1,7H2/q+1. The summed E-state index contributed by atoms with van der Waals surface area (Å²) in [5.41, 5.74) is 0.